The number of benzene rings is 1. The third-order valence-electron chi connectivity index (χ3n) is 5.87. The molecule has 1 aliphatic carbocycles. The van der Waals surface area contributed by atoms with E-state index in [9.17, 15) is 4.79 Å². The molecular formula is C21H24N6O2. The standard InChI is InChI=1S/C21H24N6O2/c1-26-21(29-2)16-7-6-15(8-18(16)25-26)20(28)22-10-13-11-27(12-13)19-9-14-4-3-5-17(14)23-24-19/h6-9,13H,3-5,10-12H2,1-2H3,(H,22,28). The van der Waals surface area contributed by atoms with Gasteiger partial charge in [0, 0.05) is 38.2 Å². The molecule has 1 aromatic carbocycles. The van der Waals surface area contributed by atoms with Crippen molar-refractivity contribution in [3.05, 3.63) is 41.1 Å². The van der Waals surface area contributed by atoms with Crippen LogP contribution in [0.25, 0.3) is 10.9 Å². The number of hydrogen-bond acceptors (Lipinski definition) is 6. The minimum absolute atomic E-state index is 0.0766. The number of nitrogens with zero attached hydrogens (tertiary/aromatic N) is 5. The van der Waals surface area contributed by atoms with Crippen LogP contribution in [0.5, 0.6) is 5.88 Å². The van der Waals surface area contributed by atoms with E-state index in [2.05, 4.69) is 31.6 Å². The first-order chi connectivity index (χ1) is 14.1. The van der Waals surface area contributed by atoms with Crippen molar-refractivity contribution in [1.29, 1.82) is 0 Å². The van der Waals surface area contributed by atoms with Crippen LogP contribution in [0.1, 0.15) is 28.0 Å². The molecule has 2 aromatic heterocycles. The normalized spacial score (nSPS) is 16.0. The second-order valence-corrected chi connectivity index (χ2v) is 7.87. The molecule has 1 amide bonds. The van der Waals surface area contributed by atoms with Crippen molar-refractivity contribution >= 4 is 22.6 Å². The zero-order valence-electron chi connectivity index (χ0n) is 16.7. The number of fused-ring (bicyclic) bond motifs is 2. The van der Waals surface area contributed by atoms with E-state index in [-0.39, 0.29) is 5.91 Å². The molecule has 1 N–H and O–H groups in total. The van der Waals surface area contributed by atoms with Crippen LogP contribution in [0.15, 0.2) is 24.3 Å². The van der Waals surface area contributed by atoms with Crippen LogP contribution in [0, 0.1) is 5.92 Å². The van der Waals surface area contributed by atoms with Crippen molar-refractivity contribution in [3.63, 3.8) is 0 Å². The fourth-order valence-corrected chi connectivity index (χ4v) is 4.26. The number of amides is 1. The van der Waals surface area contributed by atoms with E-state index in [1.54, 1.807) is 17.9 Å². The average Bonchev–Trinajstić information content (AvgIpc) is 3.28. The maximum Gasteiger partial charge on any atom is 0.251 e. The summed E-state index contributed by atoms with van der Waals surface area (Å²) in [5.74, 6) is 2.00. The van der Waals surface area contributed by atoms with Gasteiger partial charge in [0.25, 0.3) is 5.91 Å². The van der Waals surface area contributed by atoms with Gasteiger partial charge in [0.1, 0.15) is 0 Å². The number of aryl methyl sites for hydroxylation is 3. The molecule has 0 atom stereocenters. The Bertz CT molecular complexity index is 1090. The summed E-state index contributed by atoms with van der Waals surface area (Å²) in [7, 11) is 3.44. The Balaban J connectivity index is 1.17. The molecule has 5 rings (SSSR count). The summed E-state index contributed by atoms with van der Waals surface area (Å²) in [5, 5.41) is 17.1. The molecule has 1 fully saturated rings. The smallest absolute Gasteiger partial charge is 0.251 e. The van der Waals surface area contributed by atoms with Gasteiger partial charge in [-0.1, -0.05) is 0 Å². The van der Waals surface area contributed by atoms with Crippen molar-refractivity contribution in [2.75, 3.05) is 31.6 Å². The fourth-order valence-electron chi connectivity index (χ4n) is 4.26. The number of hydrogen-bond donors (Lipinski definition) is 1. The van der Waals surface area contributed by atoms with Gasteiger partial charge in [0.05, 0.1) is 23.7 Å². The zero-order chi connectivity index (χ0) is 20.0. The Kier molecular flexibility index (Phi) is 4.34. The van der Waals surface area contributed by atoms with Crippen molar-refractivity contribution in [2.45, 2.75) is 19.3 Å². The number of methoxy groups -OCH3 is 1. The number of rotatable bonds is 5. The monoisotopic (exact) mass is 392 g/mol. The lowest BCUT2D eigenvalue weighted by molar-refractivity contribution is 0.0944. The van der Waals surface area contributed by atoms with Gasteiger partial charge in [-0.25, -0.2) is 4.68 Å². The van der Waals surface area contributed by atoms with Crippen molar-refractivity contribution in [2.24, 2.45) is 13.0 Å². The minimum Gasteiger partial charge on any atom is -0.481 e. The van der Waals surface area contributed by atoms with Crippen LogP contribution < -0.4 is 15.0 Å². The SMILES string of the molecule is COc1c2ccc(C(=O)NCC3CN(c4cc5c(nn4)CCC5)C3)cc2nn1C. The van der Waals surface area contributed by atoms with Crippen LogP contribution in [0.4, 0.5) is 5.82 Å². The highest BCUT2D eigenvalue weighted by molar-refractivity contribution is 5.98. The maximum absolute atomic E-state index is 12.6. The van der Waals surface area contributed by atoms with Crippen LogP contribution in [-0.2, 0) is 19.9 Å². The highest BCUT2D eigenvalue weighted by Crippen LogP contribution is 2.27. The Morgan fingerprint density at radius 2 is 2.10 bits per heavy atom. The topological polar surface area (TPSA) is 85.2 Å². The molecular weight excluding hydrogens is 368 g/mol. The first kappa shape index (κ1) is 17.9. The van der Waals surface area contributed by atoms with Crippen LogP contribution in [0.3, 0.4) is 0 Å². The molecule has 1 saturated heterocycles. The highest BCUT2D eigenvalue weighted by Gasteiger charge is 2.29. The molecule has 1 aliphatic heterocycles. The van der Waals surface area contributed by atoms with E-state index in [0.29, 0.717) is 23.9 Å². The third kappa shape index (κ3) is 3.18. The number of anilines is 1. The van der Waals surface area contributed by atoms with Gasteiger partial charge in [-0.15, -0.1) is 5.10 Å². The summed E-state index contributed by atoms with van der Waals surface area (Å²) >= 11 is 0. The second kappa shape index (κ2) is 7.02. The van der Waals surface area contributed by atoms with E-state index in [4.69, 9.17) is 4.74 Å². The van der Waals surface area contributed by atoms with Gasteiger partial charge in [-0.2, -0.15) is 10.2 Å². The van der Waals surface area contributed by atoms with Crippen molar-refractivity contribution < 1.29 is 9.53 Å². The Morgan fingerprint density at radius 3 is 2.93 bits per heavy atom. The number of ether oxygens (including phenoxy) is 1. The molecule has 3 heterocycles. The lowest BCUT2D eigenvalue weighted by atomic mass is 9.99. The average molecular weight is 392 g/mol. The van der Waals surface area contributed by atoms with Crippen molar-refractivity contribution in [3.8, 4) is 5.88 Å². The number of carbonyl (C=O) groups excluding carboxylic acids is 1. The van der Waals surface area contributed by atoms with Gasteiger partial charge in [-0.3, -0.25) is 4.79 Å². The van der Waals surface area contributed by atoms with Crippen LogP contribution in [0.2, 0.25) is 0 Å². The largest absolute Gasteiger partial charge is 0.481 e. The molecule has 0 saturated carbocycles. The predicted molar refractivity (Wildman–Crippen MR) is 109 cm³/mol. The molecule has 0 unspecified atom stereocenters. The van der Waals surface area contributed by atoms with Gasteiger partial charge < -0.3 is 15.0 Å². The van der Waals surface area contributed by atoms with Crippen LogP contribution >= 0.6 is 0 Å². The van der Waals surface area contributed by atoms with Gasteiger partial charge in [0.15, 0.2) is 5.82 Å². The van der Waals surface area contributed by atoms with E-state index < -0.39 is 0 Å². The van der Waals surface area contributed by atoms with E-state index in [1.807, 2.05) is 19.2 Å². The fraction of sp³-hybridized carbons (Fsp3) is 0.429. The molecule has 29 heavy (non-hydrogen) atoms. The van der Waals surface area contributed by atoms with E-state index >= 15 is 0 Å². The summed E-state index contributed by atoms with van der Waals surface area (Å²) in [6.45, 7) is 2.44. The molecule has 3 aromatic rings. The Labute approximate surface area is 168 Å². The quantitative estimate of drug-likeness (QED) is 0.712. The summed E-state index contributed by atoms with van der Waals surface area (Å²) < 4.78 is 7.03. The first-order valence-corrected chi connectivity index (χ1v) is 10.0. The summed E-state index contributed by atoms with van der Waals surface area (Å²) in [6.07, 6.45) is 3.34. The number of nitrogens with one attached hydrogen (secondary N) is 1. The van der Waals surface area contributed by atoms with Gasteiger partial charge >= 0.3 is 0 Å². The molecule has 0 radical (unpaired) electrons. The third-order valence-corrected chi connectivity index (χ3v) is 5.87. The second-order valence-electron chi connectivity index (χ2n) is 7.87. The molecule has 8 nitrogen and oxygen atoms in total. The number of aromatic nitrogens is 4. The molecule has 8 heteroatoms. The summed E-state index contributed by atoms with van der Waals surface area (Å²) in [5.41, 5.74) is 3.86. The van der Waals surface area contributed by atoms with Crippen molar-refractivity contribution in [1.82, 2.24) is 25.3 Å². The molecule has 0 bridgehead atoms. The summed E-state index contributed by atoms with van der Waals surface area (Å²) in [4.78, 5) is 14.8. The van der Waals surface area contributed by atoms with Crippen LogP contribution in [-0.4, -0.2) is 52.6 Å². The zero-order valence-corrected chi connectivity index (χ0v) is 16.7. The Hall–Kier alpha value is -3.16. The predicted octanol–water partition coefficient (Wildman–Crippen LogP) is 1.73. The first-order valence-electron chi connectivity index (χ1n) is 10.0. The summed E-state index contributed by atoms with van der Waals surface area (Å²) in [6, 6.07) is 7.68. The maximum atomic E-state index is 12.6. The molecule has 0 spiro atoms. The van der Waals surface area contributed by atoms with Gasteiger partial charge in [-0.05, 0) is 49.1 Å². The lowest BCUT2D eigenvalue weighted by Gasteiger charge is -2.40. The molecule has 2 aliphatic rings. The molecule has 150 valence electrons. The Morgan fingerprint density at radius 1 is 1.24 bits per heavy atom. The number of carbonyl (C=O) groups is 1. The minimum atomic E-state index is -0.0766. The van der Waals surface area contributed by atoms with E-state index in [0.717, 1.165) is 48.3 Å². The van der Waals surface area contributed by atoms with E-state index in [1.165, 1.54) is 12.0 Å². The van der Waals surface area contributed by atoms with Gasteiger partial charge in [0.2, 0.25) is 5.88 Å². The lowest BCUT2D eigenvalue weighted by Crippen LogP contribution is -2.52. The highest BCUT2D eigenvalue weighted by atomic mass is 16.5.